The van der Waals surface area contributed by atoms with Crippen molar-refractivity contribution in [1.82, 2.24) is 20.1 Å². The van der Waals surface area contributed by atoms with Crippen LogP contribution in [0.4, 0.5) is 0 Å². The quantitative estimate of drug-likeness (QED) is 0.405. The highest BCUT2D eigenvalue weighted by molar-refractivity contribution is 6.06. The summed E-state index contributed by atoms with van der Waals surface area (Å²) in [5.74, 6) is 0.609. The molecule has 0 bridgehead atoms. The molecule has 0 fully saturated rings. The van der Waals surface area contributed by atoms with Crippen molar-refractivity contribution >= 4 is 16.9 Å². The molecule has 164 valence electrons. The number of nitrogens with one attached hydrogen (secondary N) is 1. The van der Waals surface area contributed by atoms with Gasteiger partial charge in [0.15, 0.2) is 5.65 Å². The first-order valence-corrected chi connectivity index (χ1v) is 10.6. The largest absolute Gasteiger partial charge is 0.491 e. The van der Waals surface area contributed by atoms with E-state index >= 15 is 0 Å². The Kier molecular flexibility index (Phi) is 6.77. The Bertz CT molecular complexity index is 1190. The summed E-state index contributed by atoms with van der Waals surface area (Å²) < 4.78 is 12.4. The third kappa shape index (κ3) is 4.78. The lowest BCUT2D eigenvalue weighted by Gasteiger charge is -2.10. The van der Waals surface area contributed by atoms with E-state index in [1.165, 1.54) is 0 Å². The fraction of sp³-hybridized carbons (Fsp3) is 0.240. The van der Waals surface area contributed by atoms with Gasteiger partial charge in [0, 0.05) is 25.8 Å². The molecule has 0 atom stereocenters. The van der Waals surface area contributed by atoms with E-state index in [-0.39, 0.29) is 5.91 Å². The Balaban J connectivity index is 1.54. The number of carbonyl (C=O) groups is 1. The van der Waals surface area contributed by atoms with Crippen molar-refractivity contribution in [2.45, 2.75) is 20.0 Å². The Morgan fingerprint density at radius 2 is 1.84 bits per heavy atom. The van der Waals surface area contributed by atoms with Gasteiger partial charge in [-0.2, -0.15) is 5.10 Å². The summed E-state index contributed by atoms with van der Waals surface area (Å²) in [5.41, 5.74) is 3.95. The summed E-state index contributed by atoms with van der Waals surface area (Å²) in [5, 5.41) is 8.16. The molecule has 1 amide bonds. The van der Waals surface area contributed by atoms with E-state index in [2.05, 4.69) is 10.4 Å². The zero-order chi connectivity index (χ0) is 22.3. The van der Waals surface area contributed by atoms with Gasteiger partial charge >= 0.3 is 0 Å². The molecule has 7 nitrogen and oxygen atoms in total. The van der Waals surface area contributed by atoms with Crippen LogP contribution in [-0.4, -0.2) is 41.0 Å². The first-order chi connectivity index (χ1) is 15.7. The van der Waals surface area contributed by atoms with Crippen LogP contribution in [0.3, 0.4) is 0 Å². The van der Waals surface area contributed by atoms with Crippen LogP contribution < -0.4 is 10.1 Å². The Labute approximate surface area is 187 Å². The van der Waals surface area contributed by atoms with Gasteiger partial charge in [0.1, 0.15) is 12.4 Å². The van der Waals surface area contributed by atoms with Crippen LogP contribution in [0.25, 0.3) is 22.3 Å². The SMILES string of the molecule is CCn1ncc2c(C(=O)NCc3ccc(OCCOC)cc3)cc(-c3ccccc3)nc21. The molecule has 0 aliphatic heterocycles. The summed E-state index contributed by atoms with van der Waals surface area (Å²) in [6.45, 7) is 4.13. The zero-order valence-electron chi connectivity index (χ0n) is 18.2. The standard InChI is InChI=1S/C25H26N4O3/c1-3-29-24-22(17-27-29)21(15-23(28-24)19-7-5-4-6-8-19)25(30)26-16-18-9-11-20(12-10-18)32-14-13-31-2/h4-12,15,17H,3,13-14,16H2,1-2H3,(H,26,30). The van der Waals surface area contributed by atoms with Gasteiger partial charge in [0.25, 0.3) is 5.91 Å². The van der Waals surface area contributed by atoms with Gasteiger partial charge < -0.3 is 14.8 Å². The molecule has 4 aromatic rings. The number of methoxy groups -OCH3 is 1. The molecule has 0 aliphatic rings. The number of pyridine rings is 1. The van der Waals surface area contributed by atoms with Crippen molar-refractivity contribution in [2.24, 2.45) is 0 Å². The average Bonchev–Trinajstić information content (AvgIpc) is 3.26. The number of aryl methyl sites for hydroxylation is 1. The van der Waals surface area contributed by atoms with Crippen molar-refractivity contribution in [3.8, 4) is 17.0 Å². The van der Waals surface area contributed by atoms with Gasteiger partial charge in [-0.15, -0.1) is 0 Å². The van der Waals surface area contributed by atoms with Crippen LogP contribution in [0.1, 0.15) is 22.8 Å². The zero-order valence-corrected chi connectivity index (χ0v) is 18.2. The second kappa shape index (κ2) is 10.1. The van der Waals surface area contributed by atoms with Gasteiger partial charge in [-0.1, -0.05) is 42.5 Å². The minimum absolute atomic E-state index is 0.161. The Morgan fingerprint density at radius 1 is 1.06 bits per heavy atom. The summed E-state index contributed by atoms with van der Waals surface area (Å²) in [6.07, 6.45) is 1.71. The summed E-state index contributed by atoms with van der Waals surface area (Å²) in [6, 6.07) is 19.3. The van der Waals surface area contributed by atoms with E-state index in [1.54, 1.807) is 18.0 Å². The van der Waals surface area contributed by atoms with E-state index in [0.29, 0.717) is 37.5 Å². The summed E-state index contributed by atoms with van der Waals surface area (Å²) in [7, 11) is 1.64. The number of rotatable bonds is 9. The third-order valence-corrected chi connectivity index (χ3v) is 5.16. The number of amides is 1. The average molecular weight is 431 g/mol. The highest BCUT2D eigenvalue weighted by Gasteiger charge is 2.17. The maximum atomic E-state index is 13.1. The van der Waals surface area contributed by atoms with Gasteiger partial charge in [-0.3, -0.25) is 4.79 Å². The van der Waals surface area contributed by atoms with E-state index in [4.69, 9.17) is 14.5 Å². The number of fused-ring (bicyclic) bond motifs is 1. The normalized spacial score (nSPS) is 10.9. The molecule has 0 saturated carbocycles. The fourth-order valence-corrected chi connectivity index (χ4v) is 3.45. The topological polar surface area (TPSA) is 78.3 Å². The highest BCUT2D eigenvalue weighted by Crippen LogP contribution is 2.25. The fourth-order valence-electron chi connectivity index (χ4n) is 3.45. The van der Waals surface area contributed by atoms with Crippen LogP contribution >= 0.6 is 0 Å². The third-order valence-electron chi connectivity index (χ3n) is 5.16. The second-order valence-corrected chi connectivity index (χ2v) is 7.29. The second-order valence-electron chi connectivity index (χ2n) is 7.29. The monoisotopic (exact) mass is 430 g/mol. The predicted molar refractivity (Wildman–Crippen MR) is 124 cm³/mol. The molecule has 7 heteroatoms. The number of nitrogens with zero attached hydrogens (tertiary/aromatic N) is 3. The molecule has 1 N–H and O–H groups in total. The number of carbonyl (C=O) groups excluding carboxylic acids is 1. The van der Waals surface area contributed by atoms with Crippen LogP contribution in [-0.2, 0) is 17.8 Å². The lowest BCUT2D eigenvalue weighted by molar-refractivity contribution is 0.0952. The number of benzene rings is 2. The maximum absolute atomic E-state index is 13.1. The molecular weight excluding hydrogens is 404 g/mol. The molecule has 32 heavy (non-hydrogen) atoms. The number of aromatic nitrogens is 3. The number of ether oxygens (including phenoxy) is 2. The lowest BCUT2D eigenvalue weighted by Crippen LogP contribution is -2.23. The molecule has 2 aromatic carbocycles. The van der Waals surface area contributed by atoms with Crippen LogP contribution in [0, 0.1) is 0 Å². The van der Waals surface area contributed by atoms with Crippen molar-refractivity contribution in [3.63, 3.8) is 0 Å². The number of hydrogen-bond acceptors (Lipinski definition) is 5. The van der Waals surface area contributed by atoms with Gasteiger partial charge in [0.2, 0.25) is 0 Å². The minimum atomic E-state index is -0.161. The molecule has 0 aliphatic carbocycles. The van der Waals surface area contributed by atoms with E-state index in [9.17, 15) is 4.79 Å². The highest BCUT2D eigenvalue weighted by atomic mass is 16.5. The first-order valence-electron chi connectivity index (χ1n) is 10.6. The predicted octanol–water partition coefficient (Wildman–Crippen LogP) is 4.07. The minimum Gasteiger partial charge on any atom is -0.491 e. The van der Waals surface area contributed by atoms with Crippen molar-refractivity contribution < 1.29 is 14.3 Å². The maximum Gasteiger partial charge on any atom is 0.252 e. The molecule has 2 aromatic heterocycles. The van der Waals surface area contributed by atoms with E-state index in [0.717, 1.165) is 28.0 Å². The van der Waals surface area contributed by atoms with Crippen LogP contribution in [0.2, 0.25) is 0 Å². The van der Waals surface area contributed by atoms with Crippen molar-refractivity contribution in [3.05, 3.63) is 78.0 Å². The molecule has 4 rings (SSSR count). The van der Waals surface area contributed by atoms with E-state index in [1.807, 2.05) is 67.6 Å². The smallest absolute Gasteiger partial charge is 0.252 e. The van der Waals surface area contributed by atoms with Crippen LogP contribution in [0.5, 0.6) is 5.75 Å². The van der Waals surface area contributed by atoms with Crippen molar-refractivity contribution in [1.29, 1.82) is 0 Å². The van der Waals surface area contributed by atoms with Gasteiger partial charge in [-0.05, 0) is 30.7 Å². The Hall–Kier alpha value is -3.71. The number of hydrogen-bond donors (Lipinski definition) is 1. The molecule has 0 unspecified atom stereocenters. The first kappa shape index (κ1) is 21.5. The summed E-state index contributed by atoms with van der Waals surface area (Å²) in [4.78, 5) is 17.9. The lowest BCUT2D eigenvalue weighted by atomic mass is 10.1. The van der Waals surface area contributed by atoms with Gasteiger partial charge in [-0.25, -0.2) is 9.67 Å². The summed E-state index contributed by atoms with van der Waals surface area (Å²) >= 11 is 0. The Morgan fingerprint density at radius 3 is 2.56 bits per heavy atom. The molecule has 0 spiro atoms. The molecule has 0 radical (unpaired) electrons. The van der Waals surface area contributed by atoms with E-state index < -0.39 is 0 Å². The van der Waals surface area contributed by atoms with Gasteiger partial charge in [0.05, 0.1) is 29.4 Å². The molecule has 0 saturated heterocycles. The van der Waals surface area contributed by atoms with Crippen molar-refractivity contribution in [2.75, 3.05) is 20.3 Å². The van der Waals surface area contributed by atoms with Crippen LogP contribution in [0.15, 0.2) is 66.9 Å². The molecule has 2 heterocycles. The molecular formula is C25H26N4O3.